The van der Waals surface area contributed by atoms with Crippen LogP contribution in [-0.4, -0.2) is 32.5 Å². The summed E-state index contributed by atoms with van der Waals surface area (Å²) in [5.74, 6) is 0.716. The molecular formula is C19H16ClN3O5S2. The third-order valence-electron chi connectivity index (χ3n) is 4.12. The Hall–Kier alpha value is -2.82. The van der Waals surface area contributed by atoms with E-state index in [1.54, 1.807) is 17.5 Å². The highest BCUT2D eigenvalue weighted by Gasteiger charge is 2.18. The van der Waals surface area contributed by atoms with Crippen LogP contribution in [0.25, 0.3) is 0 Å². The number of fused-ring (bicyclic) bond motifs is 1. The van der Waals surface area contributed by atoms with Crippen LogP contribution in [-0.2, 0) is 21.2 Å². The van der Waals surface area contributed by atoms with Gasteiger partial charge in [-0.05, 0) is 42.0 Å². The lowest BCUT2D eigenvalue weighted by Crippen LogP contribution is -2.17. The SMILES string of the molecule is O=C(Cc1cc(Cl)c2c(c1)OCCO2)Nc1ccc(S(=O)(=O)Nc2nccs2)cc1. The molecule has 0 spiro atoms. The maximum atomic E-state index is 12.4. The predicted octanol–water partition coefficient (Wildman–Crippen LogP) is 3.55. The zero-order valence-corrected chi connectivity index (χ0v) is 17.8. The first kappa shape index (κ1) is 20.5. The molecule has 0 bridgehead atoms. The maximum absolute atomic E-state index is 12.4. The van der Waals surface area contributed by atoms with Crippen molar-refractivity contribution in [3.8, 4) is 11.5 Å². The van der Waals surface area contributed by atoms with Gasteiger partial charge in [0.1, 0.15) is 13.2 Å². The summed E-state index contributed by atoms with van der Waals surface area (Å²) in [7, 11) is -3.75. The van der Waals surface area contributed by atoms with Crippen LogP contribution in [0.15, 0.2) is 52.9 Å². The number of halogens is 1. The average molecular weight is 466 g/mol. The summed E-state index contributed by atoms with van der Waals surface area (Å²) >= 11 is 7.38. The Labute approximate surface area is 181 Å². The molecule has 0 saturated carbocycles. The minimum Gasteiger partial charge on any atom is -0.486 e. The molecule has 3 aromatic rings. The van der Waals surface area contributed by atoms with Gasteiger partial charge < -0.3 is 14.8 Å². The topological polar surface area (TPSA) is 107 Å². The number of nitrogens with one attached hydrogen (secondary N) is 2. The molecule has 0 radical (unpaired) electrons. The highest BCUT2D eigenvalue weighted by atomic mass is 35.5. The zero-order chi connectivity index (χ0) is 21.1. The van der Waals surface area contributed by atoms with E-state index in [9.17, 15) is 13.2 Å². The molecule has 11 heteroatoms. The van der Waals surface area contributed by atoms with Crippen molar-refractivity contribution in [3.63, 3.8) is 0 Å². The van der Waals surface area contributed by atoms with Crippen LogP contribution in [0.4, 0.5) is 10.8 Å². The Morgan fingerprint density at radius 1 is 1.17 bits per heavy atom. The summed E-state index contributed by atoms with van der Waals surface area (Å²) in [6, 6.07) is 9.24. The summed E-state index contributed by atoms with van der Waals surface area (Å²) in [6.07, 6.45) is 1.58. The van der Waals surface area contributed by atoms with Crippen LogP contribution in [0, 0.1) is 0 Å². The number of benzene rings is 2. The van der Waals surface area contributed by atoms with Crippen molar-refractivity contribution in [1.29, 1.82) is 0 Å². The van der Waals surface area contributed by atoms with Gasteiger partial charge in [0.2, 0.25) is 5.91 Å². The quantitative estimate of drug-likeness (QED) is 0.576. The Morgan fingerprint density at radius 2 is 1.93 bits per heavy atom. The van der Waals surface area contributed by atoms with E-state index in [4.69, 9.17) is 21.1 Å². The molecule has 2 N–H and O–H groups in total. The number of rotatable bonds is 6. The van der Waals surface area contributed by atoms with E-state index >= 15 is 0 Å². The van der Waals surface area contributed by atoms with Crippen LogP contribution in [0.1, 0.15) is 5.56 Å². The van der Waals surface area contributed by atoms with Gasteiger partial charge in [0.15, 0.2) is 16.6 Å². The monoisotopic (exact) mass is 465 g/mol. The number of carbonyl (C=O) groups excluding carboxylic acids is 1. The molecule has 0 fully saturated rings. The van der Waals surface area contributed by atoms with Gasteiger partial charge in [-0.15, -0.1) is 11.3 Å². The summed E-state index contributed by atoms with van der Waals surface area (Å²) in [5, 5.41) is 5.08. The van der Waals surface area contributed by atoms with Crippen molar-refractivity contribution >= 4 is 49.7 Å². The lowest BCUT2D eigenvalue weighted by molar-refractivity contribution is -0.115. The van der Waals surface area contributed by atoms with Crippen molar-refractivity contribution in [2.75, 3.05) is 23.3 Å². The molecule has 4 rings (SSSR count). The highest BCUT2D eigenvalue weighted by Crippen LogP contribution is 2.38. The number of carbonyl (C=O) groups is 1. The number of amides is 1. The summed E-state index contributed by atoms with van der Waals surface area (Å²) < 4.78 is 38.1. The minimum absolute atomic E-state index is 0.0642. The molecule has 0 aliphatic carbocycles. The van der Waals surface area contributed by atoms with Crippen molar-refractivity contribution in [2.24, 2.45) is 0 Å². The van der Waals surface area contributed by atoms with Crippen LogP contribution in [0.2, 0.25) is 5.02 Å². The van der Waals surface area contributed by atoms with E-state index in [2.05, 4.69) is 15.0 Å². The molecule has 156 valence electrons. The van der Waals surface area contributed by atoms with Crippen molar-refractivity contribution in [3.05, 3.63) is 58.6 Å². The van der Waals surface area contributed by atoms with Gasteiger partial charge in [0, 0.05) is 17.3 Å². The van der Waals surface area contributed by atoms with Gasteiger partial charge in [-0.25, -0.2) is 13.4 Å². The van der Waals surface area contributed by atoms with Crippen LogP contribution >= 0.6 is 22.9 Å². The second-order valence-corrected chi connectivity index (χ2v) is 9.28. The predicted molar refractivity (Wildman–Crippen MR) is 114 cm³/mol. The van der Waals surface area contributed by atoms with Crippen LogP contribution in [0.5, 0.6) is 11.5 Å². The lowest BCUT2D eigenvalue weighted by Gasteiger charge is -2.20. The first-order chi connectivity index (χ1) is 14.4. The summed E-state index contributed by atoms with van der Waals surface area (Å²) in [5.41, 5.74) is 1.14. The van der Waals surface area contributed by atoms with Crippen molar-refractivity contribution in [1.82, 2.24) is 4.98 Å². The molecule has 2 heterocycles. The number of nitrogens with zero attached hydrogens (tertiary/aromatic N) is 1. The van der Waals surface area contributed by atoms with Gasteiger partial charge >= 0.3 is 0 Å². The molecule has 0 unspecified atom stereocenters. The Kier molecular flexibility index (Phi) is 5.80. The molecule has 2 aromatic carbocycles. The van der Waals surface area contributed by atoms with Crippen LogP contribution in [0.3, 0.4) is 0 Å². The fourth-order valence-electron chi connectivity index (χ4n) is 2.82. The second-order valence-electron chi connectivity index (χ2n) is 6.29. The van der Waals surface area contributed by atoms with Gasteiger partial charge in [0.25, 0.3) is 10.0 Å². The fraction of sp³-hybridized carbons (Fsp3) is 0.158. The van der Waals surface area contributed by atoms with Gasteiger partial charge in [-0.1, -0.05) is 11.6 Å². The molecule has 0 atom stereocenters. The number of anilines is 2. The highest BCUT2D eigenvalue weighted by molar-refractivity contribution is 7.93. The van der Waals surface area contributed by atoms with Crippen LogP contribution < -0.4 is 19.5 Å². The molecule has 8 nitrogen and oxygen atoms in total. The number of thiazole rings is 1. The van der Waals surface area contributed by atoms with Gasteiger partial charge in [0.05, 0.1) is 16.3 Å². The number of hydrogen-bond donors (Lipinski definition) is 2. The fourth-order valence-corrected chi connectivity index (χ4v) is 4.90. The molecule has 1 aliphatic rings. The smallest absolute Gasteiger partial charge is 0.263 e. The van der Waals surface area contributed by atoms with E-state index < -0.39 is 10.0 Å². The standard InChI is InChI=1S/C19H16ClN3O5S2/c20-15-9-12(10-16-18(15)28-7-6-27-16)11-17(24)22-13-1-3-14(4-2-13)30(25,26)23-19-21-5-8-29-19/h1-5,8-10H,6-7,11H2,(H,21,23)(H,22,24). The van der Waals surface area contributed by atoms with E-state index in [-0.39, 0.29) is 22.4 Å². The molecule has 1 amide bonds. The van der Waals surface area contributed by atoms with E-state index in [1.807, 2.05) is 0 Å². The summed E-state index contributed by atoms with van der Waals surface area (Å²) in [6.45, 7) is 0.850. The average Bonchev–Trinajstić information content (AvgIpc) is 3.20. The van der Waals surface area contributed by atoms with E-state index in [0.29, 0.717) is 41.0 Å². The molecule has 30 heavy (non-hydrogen) atoms. The summed E-state index contributed by atoms with van der Waals surface area (Å²) in [4.78, 5) is 16.4. The van der Waals surface area contributed by atoms with Crippen molar-refractivity contribution < 1.29 is 22.7 Å². The normalized spacial score (nSPS) is 13.0. The number of aromatic nitrogens is 1. The van der Waals surface area contributed by atoms with E-state index in [1.165, 1.54) is 41.8 Å². The first-order valence-corrected chi connectivity index (χ1v) is 11.5. The first-order valence-electron chi connectivity index (χ1n) is 8.81. The second kappa shape index (κ2) is 8.50. The number of ether oxygens (including phenoxy) is 2. The lowest BCUT2D eigenvalue weighted by atomic mass is 10.1. The van der Waals surface area contributed by atoms with Gasteiger partial charge in [-0.3, -0.25) is 9.52 Å². The molecule has 0 saturated heterocycles. The van der Waals surface area contributed by atoms with E-state index in [0.717, 1.165) is 0 Å². The third kappa shape index (κ3) is 4.66. The zero-order valence-electron chi connectivity index (χ0n) is 15.4. The van der Waals surface area contributed by atoms with Gasteiger partial charge in [-0.2, -0.15) is 0 Å². The molecular weight excluding hydrogens is 450 g/mol. The van der Waals surface area contributed by atoms with Crippen molar-refractivity contribution in [2.45, 2.75) is 11.3 Å². The molecule has 1 aliphatic heterocycles. The minimum atomic E-state index is -3.75. The Bertz CT molecular complexity index is 1170. The Balaban J connectivity index is 1.41. The third-order valence-corrected chi connectivity index (χ3v) is 6.58. The molecule has 1 aromatic heterocycles. The number of hydrogen-bond acceptors (Lipinski definition) is 7. The largest absolute Gasteiger partial charge is 0.486 e. The Morgan fingerprint density at radius 3 is 2.67 bits per heavy atom. The maximum Gasteiger partial charge on any atom is 0.263 e. The number of sulfonamides is 1.